The molecule has 1 heterocycles. The maximum absolute atomic E-state index is 12.9. The van der Waals surface area contributed by atoms with E-state index >= 15 is 0 Å². The zero-order valence-electron chi connectivity index (χ0n) is 16.2. The van der Waals surface area contributed by atoms with Crippen LogP contribution in [0, 0.1) is 6.92 Å². The van der Waals surface area contributed by atoms with Gasteiger partial charge in [0.25, 0.3) is 5.91 Å². The Morgan fingerprint density at radius 3 is 2.61 bits per heavy atom. The molecule has 0 aliphatic carbocycles. The van der Waals surface area contributed by atoms with E-state index in [1.54, 1.807) is 12.1 Å². The topological polar surface area (TPSA) is 58.2 Å². The number of rotatable bonds is 3. The Kier molecular flexibility index (Phi) is 5.35. The van der Waals surface area contributed by atoms with Crippen molar-refractivity contribution < 1.29 is 22.8 Å². The van der Waals surface area contributed by atoms with E-state index in [-0.39, 0.29) is 17.9 Å². The highest BCUT2D eigenvalue weighted by atomic mass is 79.9. The fraction of sp³-hybridized carbons (Fsp3) is 0.130. The molecule has 3 aromatic carbocycles. The summed E-state index contributed by atoms with van der Waals surface area (Å²) in [4.78, 5) is 24.3. The van der Waals surface area contributed by atoms with Crippen molar-refractivity contribution in [2.45, 2.75) is 19.5 Å². The van der Waals surface area contributed by atoms with Gasteiger partial charge in [-0.15, -0.1) is 0 Å². The number of aryl methyl sites for hydroxylation is 1. The third kappa shape index (κ3) is 4.34. The smallest absolute Gasteiger partial charge is 0.325 e. The van der Waals surface area contributed by atoms with Crippen LogP contribution in [0.15, 0.2) is 59.1 Å². The molecule has 158 valence electrons. The van der Waals surface area contributed by atoms with E-state index in [0.717, 1.165) is 44.5 Å². The van der Waals surface area contributed by atoms with Gasteiger partial charge in [0.05, 0.1) is 17.7 Å². The number of alkyl halides is 3. The minimum atomic E-state index is -4.52. The van der Waals surface area contributed by atoms with Gasteiger partial charge in [-0.3, -0.25) is 9.59 Å². The molecule has 0 unspecified atom stereocenters. The Bertz CT molecular complexity index is 1220. The lowest BCUT2D eigenvalue weighted by atomic mass is 9.97. The summed E-state index contributed by atoms with van der Waals surface area (Å²) in [6.07, 6.45) is -4.24. The normalized spacial score (nSPS) is 13.0. The second kappa shape index (κ2) is 7.85. The van der Waals surface area contributed by atoms with Gasteiger partial charge in [0.1, 0.15) is 0 Å². The molecular formula is C23H16BrF3N2O2. The van der Waals surface area contributed by atoms with Crippen molar-refractivity contribution in [2.24, 2.45) is 0 Å². The van der Waals surface area contributed by atoms with Crippen LogP contribution in [-0.4, -0.2) is 11.8 Å². The number of halogens is 4. The fourth-order valence-corrected chi connectivity index (χ4v) is 4.11. The number of anilines is 2. The molecule has 0 saturated carbocycles. The summed E-state index contributed by atoms with van der Waals surface area (Å²) in [5.74, 6) is -0.711. The Morgan fingerprint density at radius 2 is 1.87 bits per heavy atom. The molecule has 3 aromatic rings. The lowest BCUT2D eigenvalue weighted by Crippen LogP contribution is -2.14. The molecule has 1 aliphatic heterocycles. The molecule has 0 atom stereocenters. The van der Waals surface area contributed by atoms with Crippen LogP contribution in [0.5, 0.6) is 0 Å². The van der Waals surface area contributed by atoms with Crippen molar-refractivity contribution in [3.8, 4) is 11.1 Å². The first-order chi connectivity index (χ1) is 14.6. The van der Waals surface area contributed by atoms with Crippen LogP contribution in [0.25, 0.3) is 11.1 Å². The number of hydrogen-bond donors (Lipinski definition) is 2. The second-order valence-electron chi connectivity index (χ2n) is 7.28. The van der Waals surface area contributed by atoms with Gasteiger partial charge in [-0.25, -0.2) is 0 Å². The van der Waals surface area contributed by atoms with Crippen molar-refractivity contribution in [3.05, 3.63) is 81.3 Å². The van der Waals surface area contributed by atoms with E-state index in [9.17, 15) is 22.8 Å². The summed E-state index contributed by atoms with van der Waals surface area (Å²) < 4.78 is 39.6. The number of nitrogens with one attached hydrogen (secondary N) is 2. The van der Waals surface area contributed by atoms with Crippen LogP contribution in [-0.2, 0) is 17.4 Å². The van der Waals surface area contributed by atoms with Gasteiger partial charge in [-0.05, 0) is 87.6 Å². The third-order valence-electron chi connectivity index (χ3n) is 5.05. The Labute approximate surface area is 184 Å². The zero-order valence-corrected chi connectivity index (χ0v) is 17.8. The molecule has 0 saturated heterocycles. The molecule has 4 nitrogen and oxygen atoms in total. The molecular weight excluding hydrogens is 473 g/mol. The van der Waals surface area contributed by atoms with Gasteiger partial charge < -0.3 is 10.6 Å². The fourth-order valence-electron chi connectivity index (χ4n) is 3.51. The summed E-state index contributed by atoms with van der Waals surface area (Å²) >= 11 is 3.48. The number of hydrogen-bond acceptors (Lipinski definition) is 2. The molecule has 31 heavy (non-hydrogen) atoms. The molecule has 4 rings (SSSR count). The van der Waals surface area contributed by atoms with Gasteiger partial charge in [0.15, 0.2) is 0 Å². The lowest BCUT2D eigenvalue weighted by molar-refractivity contribution is -0.137. The van der Waals surface area contributed by atoms with Gasteiger partial charge >= 0.3 is 6.18 Å². The Hall–Kier alpha value is -3.13. The predicted molar refractivity (Wildman–Crippen MR) is 116 cm³/mol. The Balaban J connectivity index is 1.64. The van der Waals surface area contributed by atoms with Crippen LogP contribution in [0.4, 0.5) is 24.5 Å². The zero-order chi connectivity index (χ0) is 22.3. The van der Waals surface area contributed by atoms with Crippen LogP contribution >= 0.6 is 15.9 Å². The molecule has 2 N–H and O–H groups in total. The first-order valence-corrected chi connectivity index (χ1v) is 10.1. The van der Waals surface area contributed by atoms with Crippen molar-refractivity contribution in [2.75, 3.05) is 10.6 Å². The summed E-state index contributed by atoms with van der Waals surface area (Å²) in [5, 5.41) is 5.47. The van der Waals surface area contributed by atoms with Crippen molar-refractivity contribution in [1.82, 2.24) is 0 Å². The van der Waals surface area contributed by atoms with Crippen molar-refractivity contribution in [1.29, 1.82) is 0 Å². The summed E-state index contributed by atoms with van der Waals surface area (Å²) in [7, 11) is 0. The standard InChI is InChI=1S/C23H16BrF3N2O2/c1-12-5-6-17(28-22(31)13-3-2-4-16(8-13)23(25,26)27)11-18(12)14-7-15-10-20(30)29-21(15)19(24)9-14/h2-9,11H,10H2,1H3,(H,28,31)(H,29,30). The first kappa shape index (κ1) is 21.1. The molecule has 0 spiro atoms. The maximum Gasteiger partial charge on any atom is 0.416 e. The van der Waals surface area contributed by atoms with E-state index in [4.69, 9.17) is 0 Å². The first-order valence-electron chi connectivity index (χ1n) is 9.34. The number of amides is 2. The third-order valence-corrected chi connectivity index (χ3v) is 5.67. The molecule has 2 amide bonds. The van der Waals surface area contributed by atoms with Crippen molar-refractivity contribution in [3.63, 3.8) is 0 Å². The van der Waals surface area contributed by atoms with E-state index in [2.05, 4.69) is 26.6 Å². The van der Waals surface area contributed by atoms with Gasteiger partial charge in [-0.2, -0.15) is 13.2 Å². The van der Waals surface area contributed by atoms with Crippen LogP contribution in [0.1, 0.15) is 27.0 Å². The summed E-state index contributed by atoms with van der Waals surface area (Å²) in [5.41, 5.74) is 3.75. The largest absolute Gasteiger partial charge is 0.416 e. The monoisotopic (exact) mass is 488 g/mol. The van der Waals surface area contributed by atoms with E-state index < -0.39 is 17.6 Å². The quantitative estimate of drug-likeness (QED) is 0.461. The highest BCUT2D eigenvalue weighted by molar-refractivity contribution is 9.10. The average molecular weight is 489 g/mol. The summed E-state index contributed by atoms with van der Waals surface area (Å²) in [6.45, 7) is 1.91. The highest BCUT2D eigenvalue weighted by Crippen LogP contribution is 2.38. The molecule has 8 heteroatoms. The van der Waals surface area contributed by atoms with Crippen LogP contribution in [0.3, 0.4) is 0 Å². The molecule has 0 fully saturated rings. The van der Waals surface area contributed by atoms with E-state index in [1.165, 1.54) is 12.1 Å². The van der Waals surface area contributed by atoms with Crippen LogP contribution < -0.4 is 10.6 Å². The number of carbonyl (C=O) groups is 2. The van der Waals surface area contributed by atoms with Gasteiger partial charge in [-0.1, -0.05) is 12.1 Å². The molecule has 0 bridgehead atoms. The van der Waals surface area contributed by atoms with E-state index in [0.29, 0.717) is 5.69 Å². The minimum Gasteiger partial charge on any atom is -0.325 e. The van der Waals surface area contributed by atoms with Crippen LogP contribution in [0.2, 0.25) is 0 Å². The van der Waals surface area contributed by atoms with Gasteiger partial charge in [0.2, 0.25) is 5.91 Å². The highest BCUT2D eigenvalue weighted by Gasteiger charge is 2.31. The predicted octanol–water partition coefficient (Wildman–Crippen LogP) is 6.19. The number of benzene rings is 3. The maximum atomic E-state index is 12.9. The number of fused-ring (bicyclic) bond motifs is 1. The van der Waals surface area contributed by atoms with Gasteiger partial charge in [0, 0.05) is 15.7 Å². The van der Waals surface area contributed by atoms with E-state index in [1.807, 2.05) is 25.1 Å². The lowest BCUT2D eigenvalue weighted by Gasteiger charge is -2.13. The minimum absolute atomic E-state index is 0.0772. The second-order valence-corrected chi connectivity index (χ2v) is 8.13. The SMILES string of the molecule is Cc1ccc(NC(=O)c2cccc(C(F)(F)F)c2)cc1-c1cc(Br)c2c(c1)CC(=O)N2. The molecule has 1 aliphatic rings. The Morgan fingerprint density at radius 1 is 1.10 bits per heavy atom. The molecule has 0 aromatic heterocycles. The molecule has 0 radical (unpaired) electrons. The number of carbonyl (C=O) groups excluding carboxylic acids is 2. The average Bonchev–Trinajstić information content (AvgIpc) is 3.09. The summed E-state index contributed by atoms with van der Waals surface area (Å²) in [6, 6.07) is 13.4. The van der Waals surface area contributed by atoms with Crippen molar-refractivity contribution >= 4 is 39.1 Å².